The van der Waals surface area contributed by atoms with E-state index in [0.717, 1.165) is 17.7 Å². The molecule has 0 aromatic carbocycles. The number of hydrogen-bond donors (Lipinski definition) is 1. The molecule has 2 atom stereocenters. The molecule has 0 radical (unpaired) electrons. The van der Waals surface area contributed by atoms with Gasteiger partial charge in [-0.1, -0.05) is 13.3 Å². The Morgan fingerprint density at radius 1 is 1.30 bits per heavy atom. The van der Waals surface area contributed by atoms with Crippen LogP contribution in [0.3, 0.4) is 0 Å². The third kappa shape index (κ3) is 4.67. The van der Waals surface area contributed by atoms with Gasteiger partial charge in [0.2, 0.25) is 0 Å². The van der Waals surface area contributed by atoms with Gasteiger partial charge >= 0.3 is 12.1 Å². The van der Waals surface area contributed by atoms with Gasteiger partial charge in [-0.3, -0.25) is 4.90 Å². The smallest absolute Gasteiger partial charge is 0.413 e. The molecular weight excluding hydrogens is 262 g/mol. The Balaban J connectivity index is 2.66. The maximum atomic E-state index is 12.1. The van der Waals surface area contributed by atoms with E-state index >= 15 is 0 Å². The number of aliphatic hydroxyl groups excluding tert-OH is 1. The number of aliphatic hydroxyl groups is 1. The van der Waals surface area contributed by atoms with Gasteiger partial charge in [0.05, 0.1) is 6.61 Å². The number of rotatable bonds is 4. The molecule has 1 fully saturated rings. The van der Waals surface area contributed by atoms with Crippen molar-refractivity contribution in [2.75, 3.05) is 6.61 Å². The Kier molecular flexibility index (Phi) is 5.80. The molecule has 1 amide bonds. The predicted molar refractivity (Wildman–Crippen MR) is 73.0 cm³/mol. The summed E-state index contributed by atoms with van der Waals surface area (Å²) in [6.07, 6.45) is 0.788. The molecular formula is C14H25NO5. The minimum Gasteiger partial charge on any atom is -0.464 e. The molecule has 0 aliphatic carbocycles. The number of carbonyl (C=O) groups is 2. The summed E-state index contributed by atoms with van der Waals surface area (Å²) in [6, 6.07) is -0.753. The van der Waals surface area contributed by atoms with Crippen LogP contribution in [0.25, 0.3) is 0 Å². The summed E-state index contributed by atoms with van der Waals surface area (Å²) in [5, 5.41) is 9.86. The summed E-state index contributed by atoms with van der Waals surface area (Å²) in [6.45, 7) is 7.55. The molecule has 0 saturated carbocycles. The number of amides is 1. The van der Waals surface area contributed by atoms with Gasteiger partial charge in [0.1, 0.15) is 17.9 Å². The second-order valence-corrected chi connectivity index (χ2v) is 5.98. The fourth-order valence-electron chi connectivity index (χ4n) is 2.00. The molecule has 0 spiro atoms. The summed E-state index contributed by atoms with van der Waals surface area (Å²) < 4.78 is 10.3. The molecule has 6 heteroatoms. The summed E-state index contributed by atoms with van der Waals surface area (Å²) in [5.41, 5.74) is -0.671. The number of unbranched alkanes of at least 4 members (excludes halogenated alkanes) is 1. The molecule has 1 saturated heterocycles. The fraction of sp³-hybridized carbons (Fsp3) is 0.857. The zero-order valence-electron chi connectivity index (χ0n) is 12.7. The molecule has 1 N–H and O–H groups in total. The minimum absolute atomic E-state index is 0.337. The predicted octanol–water partition coefficient (Wildman–Crippen LogP) is 2.05. The second kappa shape index (κ2) is 6.92. The van der Waals surface area contributed by atoms with Crippen LogP contribution in [0.5, 0.6) is 0 Å². The van der Waals surface area contributed by atoms with Crippen LogP contribution in [0.4, 0.5) is 4.79 Å². The Bertz CT molecular complexity index is 350. The standard InChI is InChI=1S/C14H25NO5/c1-5-6-9-19-12(17)10-7-8-11(16)15(10)13(18)20-14(2,3)4/h10-11,16H,5-9H2,1-4H3/t10-,11?/m0/s1. The fourth-order valence-corrected chi connectivity index (χ4v) is 2.00. The summed E-state index contributed by atoms with van der Waals surface area (Å²) >= 11 is 0. The van der Waals surface area contributed by atoms with Crippen molar-refractivity contribution in [3.8, 4) is 0 Å². The maximum Gasteiger partial charge on any atom is 0.413 e. The molecule has 1 heterocycles. The Hall–Kier alpha value is -1.30. The third-order valence-corrected chi connectivity index (χ3v) is 2.97. The van der Waals surface area contributed by atoms with Crippen LogP contribution in [0, 0.1) is 0 Å². The number of esters is 1. The van der Waals surface area contributed by atoms with E-state index in [1.807, 2.05) is 6.92 Å². The van der Waals surface area contributed by atoms with E-state index in [9.17, 15) is 14.7 Å². The van der Waals surface area contributed by atoms with Crippen LogP contribution in [0.1, 0.15) is 53.4 Å². The van der Waals surface area contributed by atoms with Crippen molar-refractivity contribution in [1.82, 2.24) is 4.90 Å². The van der Waals surface area contributed by atoms with E-state index in [1.54, 1.807) is 20.8 Å². The van der Waals surface area contributed by atoms with Crippen LogP contribution >= 0.6 is 0 Å². The first kappa shape index (κ1) is 16.8. The molecule has 1 aliphatic heterocycles. The SMILES string of the molecule is CCCCOC(=O)[C@@H]1CCC(O)N1C(=O)OC(C)(C)C. The van der Waals surface area contributed by atoms with Crippen LogP contribution in [0.2, 0.25) is 0 Å². The van der Waals surface area contributed by atoms with Gasteiger partial charge < -0.3 is 14.6 Å². The Morgan fingerprint density at radius 3 is 2.50 bits per heavy atom. The molecule has 20 heavy (non-hydrogen) atoms. The normalized spacial score (nSPS) is 22.8. The molecule has 6 nitrogen and oxygen atoms in total. The quantitative estimate of drug-likeness (QED) is 0.632. The average molecular weight is 287 g/mol. The summed E-state index contributed by atoms with van der Waals surface area (Å²) in [7, 11) is 0. The molecule has 116 valence electrons. The molecule has 1 aliphatic rings. The van der Waals surface area contributed by atoms with Crippen molar-refractivity contribution in [3.05, 3.63) is 0 Å². The molecule has 1 rings (SSSR count). The van der Waals surface area contributed by atoms with Crippen molar-refractivity contribution in [2.24, 2.45) is 0 Å². The highest BCUT2D eigenvalue weighted by atomic mass is 16.6. The highest BCUT2D eigenvalue weighted by Crippen LogP contribution is 2.26. The van der Waals surface area contributed by atoms with Gasteiger partial charge in [-0.15, -0.1) is 0 Å². The zero-order chi connectivity index (χ0) is 15.3. The van der Waals surface area contributed by atoms with Gasteiger partial charge in [-0.25, -0.2) is 9.59 Å². The topological polar surface area (TPSA) is 76.1 Å². The van der Waals surface area contributed by atoms with Crippen molar-refractivity contribution in [1.29, 1.82) is 0 Å². The first-order chi connectivity index (χ1) is 9.26. The maximum absolute atomic E-state index is 12.1. The monoisotopic (exact) mass is 287 g/mol. The first-order valence-corrected chi connectivity index (χ1v) is 7.12. The van der Waals surface area contributed by atoms with Crippen LogP contribution < -0.4 is 0 Å². The summed E-state index contributed by atoms with van der Waals surface area (Å²) in [5.74, 6) is -0.471. The lowest BCUT2D eigenvalue weighted by Gasteiger charge is -2.29. The van der Waals surface area contributed by atoms with Crippen molar-refractivity contribution >= 4 is 12.1 Å². The highest BCUT2D eigenvalue weighted by Gasteiger charge is 2.43. The average Bonchev–Trinajstić information content (AvgIpc) is 2.69. The van der Waals surface area contributed by atoms with E-state index in [1.165, 1.54) is 0 Å². The van der Waals surface area contributed by atoms with Crippen molar-refractivity contribution in [2.45, 2.75) is 71.2 Å². The van der Waals surface area contributed by atoms with E-state index in [2.05, 4.69) is 0 Å². The minimum atomic E-state index is -0.992. The molecule has 0 aromatic heterocycles. The largest absolute Gasteiger partial charge is 0.464 e. The lowest BCUT2D eigenvalue weighted by Crippen LogP contribution is -2.47. The molecule has 1 unspecified atom stereocenters. The lowest BCUT2D eigenvalue weighted by molar-refractivity contribution is -0.151. The van der Waals surface area contributed by atoms with Crippen molar-refractivity contribution < 1.29 is 24.2 Å². The van der Waals surface area contributed by atoms with Gasteiger partial charge in [-0.2, -0.15) is 0 Å². The first-order valence-electron chi connectivity index (χ1n) is 7.12. The number of hydrogen-bond acceptors (Lipinski definition) is 5. The van der Waals surface area contributed by atoms with Gasteiger partial charge in [0.15, 0.2) is 0 Å². The number of ether oxygens (including phenoxy) is 2. The third-order valence-electron chi connectivity index (χ3n) is 2.97. The second-order valence-electron chi connectivity index (χ2n) is 5.98. The molecule has 0 aromatic rings. The van der Waals surface area contributed by atoms with Crippen LogP contribution in [-0.2, 0) is 14.3 Å². The lowest BCUT2D eigenvalue weighted by atomic mass is 10.2. The Labute approximate surface area is 120 Å². The Morgan fingerprint density at radius 2 is 1.95 bits per heavy atom. The van der Waals surface area contributed by atoms with Crippen LogP contribution in [0.15, 0.2) is 0 Å². The van der Waals surface area contributed by atoms with E-state index in [0.29, 0.717) is 19.4 Å². The van der Waals surface area contributed by atoms with E-state index < -0.39 is 29.9 Å². The van der Waals surface area contributed by atoms with Crippen LogP contribution in [-0.4, -0.2) is 46.5 Å². The van der Waals surface area contributed by atoms with Gasteiger partial charge in [0, 0.05) is 0 Å². The summed E-state index contributed by atoms with van der Waals surface area (Å²) in [4.78, 5) is 25.1. The van der Waals surface area contributed by atoms with E-state index in [-0.39, 0.29) is 0 Å². The molecule has 0 bridgehead atoms. The number of carbonyl (C=O) groups excluding carboxylic acids is 2. The highest BCUT2D eigenvalue weighted by molar-refractivity contribution is 5.82. The number of likely N-dealkylation sites (tertiary alicyclic amines) is 1. The number of nitrogens with zero attached hydrogens (tertiary/aromatic N) is 1. The van der Waals surface area contributed by atoms with E-state index in [4.69, 9.17) is 9.47 Å². The van der Waals surface area contributed by atoms with Gasteiger partial charge in [0.25, 0.3) is 0 Å². The zero-order valence-corrected chi connectivity index (χ0v) is 12.7. The van der Waals surface area contributed by atoms with Gasteiger partial charge in [-0.05, 0) is 40.0 Å². The van der Waals surface area contributed by atoms with Crippen molar-refractivity contribution in [3.63, 3.8) is 0 Å².